The van der Waals surface area contributed by atoms with Crippen LogP contribution in [-0.4, -0.2) is 61.9 Å². The number of amides is 1. The van der Waals surface area contributed by atoms with Crippen LogP contribution < -0.4 is 14.8 Å². The maximum absolute atomic E-state index is 13.6. The highest BCUT2D eigenvalue weighted by molar-refractivity contribution is 5.87. The molecule has 1 aliphatic rings. The normalized spacial score (nSPS) is 14.2. The third-order valence-corrected chi connectivity index (χ3v) is 8.53. The molecule has 0 bridgehead atoms. The summed E-state index contributed by atoms with van der Waals surface area (Å²) in [6, 6.07) is 30.8. The van der Waals surface area contributed by atoms with Gasteiger partial charge in [-0.3, -0.25) is 9.69 Å². The zero-order valence-electron chi connectivity index (χ0n) is 26.2. The topological polar surface area (TPSA) is 65.0 Å². The van der Waals surface area contributed by atoms with Crippen LogP contribution >= 0.6 is 0 Å². The molecule has 1 saturated heterocycles. The number of carbonyl (C=O) groups is 1. The van der Waals surface area contributed by atoms with Crippen LogP contribution in [0, 0.1) is 5.82 Å². The van der Waals surface area contributed by atoms with Crippen molar-refractivity contribution in [2.75, 3.05) is 46.5 Å². The van der Waals surface area contributed by atoms with E-state index in [0.29, 0.717) is 31.2 Å². The summed E-state index contributed by atoms with van der Waals surface area (Å²) >= 11 is 0. The van der Waals surface area contributed by atoms with E-state index in [9.17, 15) is 9.18 Å². The zero-order valence-corrected chi connectivity index (χ0v) is 26.2. The van der Waals surface area contributed by atoms with E-state index < -0.39 is 0 Å². The summed E-state index contributed by atoms with van der Waals surface area (Å²) < 4.78 is 33.2. The van der Waals surface area contributed by atoms with Crippen molar-refractivity contribution >= 4 is 16.8 Å². The predicted molar refractivity (Wildman–Crippen MR) is 178 cm³/mol. The van der Waals surface area contributed by atoms with Crippen molar-refractivity contribution in [3.8, 4) is 11.5 Å². The second-order valence-corrected chi connectivity index (χ2v) is 11.6. The molecule has 7 nitrogen and oxygen atoms in total. The molecule has 0 spiro atoms. The van der Waals surface area contributed by atoms with Gasteiger partial charge in [-0.05, 0) is 52.6 Å². The van der Waals surface area contributed by atoms with Crippen LogP contribution in [0.15, 0.2) is 103 Å². The van der Waals surface area contributed by atoms with Gasteiger partial charge in [0.15, 0.2) is 11.5 Å². The molecule has 46 heavy (non-hydrogen) atoms. The van der Waals surface area contributed by atoms with E-state index in [-0.39, 0.29) is 24.1 Å². The molecule has 4 aromatic carbocycles. The summed E-state index contributed by atoms with van der Waals surface area (Å²) in [7, 11) is 1.64. The molecular weight excluding hydrogens is 581 g/mol. The maximum atomic E-state index is 13.6. The predicted octanol–water partition coefficient (Wildman–Crippen LogP) is 6.39. The Morgan fingerprint density at radius 3 is 2.46 bits per heavy atom. The molecule has 1 N–H and O–H groups in total. The number of nitrogens with zero attached hydrogens (tertiary/aromatic N) is 2. The lowest BCUT2D eigenvalue weighted by atomic mass is 9.87. The number of hydrogen-bond acceptors (Lipinski definition) is 5. The van der Waals surface area contributed by atoms with Crippen molar-refractivity contribution in [3.63, 3.8) is 0 Å². The van der Waals surface area contributed by atoms with Crippen molar-refractivity contribution in [1.82, 2.24) is 14.8 Å². The number of nitrogens with one attached hydrogen (secondary N) is 1. The average Bonchev–Trinajstić information content (AvgIpc) is 3.46. The van der Waals surface area contributed by atoms with Gasteiger partial charge in [-0.2, -0.15) is 0 Å². The van der Waals surface area contributed by atoms with Gasteiger partial charge in [0.1, 0.15) is 12.4 Å². The number of benzene rings is 4. The highest BCUT2D eigenvalue weighted by Gasteiger charge is 2.24. The van der Waals surface area contributed by atoms with Gasteiger partial charge in [0.25, 0.3) is 0 Å². The summed E-state index contributed by atoms with van der Waals surface area (Å²) in [6.07, 6.45) is 2.40. The maximum Gasteiger partial charge on any atom is 0.220 e. The smallest absolute Gasteiger partial charge is 0.220 e. The third-order valence-electron chi connectivity index (χ3n) is 8.53. The van der Waals surface area contributed by atoms with E-state index in [4.69, 9.17) is 14.2 Å². The van der Waals surface area contributed by atoms with Gasteiger partial charge in [-0.1, -0.05) is 66.7 Å². The monoisotopic (exact) mass is 621 g/mol. The molecule has 5 aromatic rings. The molecule has 2 heterocycles. The number of fused-ring (bicyclic) bond motifs is 1. The van der Waals surface area contributed by atoms with Gasteiger partial charge < -0.3 is 24.1 Å². The lowest BCUT2D eigenvalue weighted by molar-refractivity contribution is -0.121. The number of rotatable bonds is 13. The van der Waals surface area contributed by atoms with Crippen molar-refractivity contribution in [2.24, 2.45) is 0 Å². The molecule has 1 amide bonds. The third kappa shape index (κ3) is 7.76. The van der Waals surface area contributed by atoms with Gasteiger partial charge >= 0.3 is 0 Å². The number of para-hydroxylation sites is 1. The van der Waals surface area contributed by atoms with E-state index >= 15 is 0 Å². The minimum absolute atomic E-state index is 0.0167. The number of morpholine rings is 1. The van der Waals surface area contributed by atoms with Crippen LogP contribution in [0.1, 0.15) is 34.6 Å². The summed E-state index contributed by atoms with van der Waals surface area (Å²) in [5, 5.41) is 4.23. The van der Waals surface area contributed by atoms with Gasteiger partial charge in [0, 0.05) is 62.2 Å². The van der Waals surface area contributed by atoms with E-state index in [2.05, 4.69) is 33.1 Å². The minimum atomic E-state index is -0.258. The summed E-state index contributed by atoms with van der Waals surface area (Å²) in [5.74, 6) is 0.729. The molecule has 1 atom stereocenters. The quantitative estimate of drug-likeness (QED) is 0.165. The standard InChI is InChI=1S/C38H40FN3O4/c1-44-37-23-30(13-16-36(37)46-27-29-7-3-2-4-8-29)33(24-38(43)40-17-18-41-19-21-45-22-20-41)34-26-42(35-10-6-5-9-32(34)35)25-28-11-14-31(39)15-12-28/h2-16,23,26,33H,17-22,24-25,27H2,1H3,(H,40,43)/t33-/m1/s1. The first-order valence-corrected chi connectivity index (χ1v) is 15.8. The van der Waals surface area contributed by atoms with Crippen LogP contribution in [0.5, 0.6) is 11.5 Å². The van der Waals surface area contributed by atoms with Crippen LogP contribution in [-0.2, 0) is 22.7 Å². The van der Waals surface area contributed by atoms with Gasteiger partial charge in [0.05, 0.1) is 20.3 Å². The SMILES string of the molecule is COc1cc([C@@H](CC(=O)NCCN2CCOCC2)c2cn(Cc3ccc(F)cc3)c3ccccc23)ccc1OCc1ccccc1. The summed E-state index contributed by atoms with van der Waals surface area (Å²) in [6.45, 7) is 5.58. The highest BCUT2D eigenvalue weighted by atomic mass is 19.1. The van der Waals surface area contributed by atoms with Gasteiger partial charge in [-0.15, -0.1) is 0 Å². The van der Waals surface area contributed by atoms with Gasteiger partial charge in [0.2, 0.25) is 5.91 Å². The fraction of sp³-hybridized carbons (Fsp3) is 0.289. The van der Waals surface area contributed by atoms with Crippen molar-refractivity contribution in [1.29, 1.82) is 0 Å². The first kappa shape index (κ1) is 31.3. The Bertz CT molecular complexity index is 1730. The van der Waals surface area contributed by atoms with Crippen molar-refractivity contribution < 1.29 is 23.4 Å². The molecule has 0 radical (unpaired) electrons. The Balaban J connectivity index is 1.30. The molecule has 0 unspecified atom stereocenters. The first-order chi connectivity index (χ1) is 22.6. The Morgan fingerprint density at radius 1 is 0.913 bits per heavy atom. The number of carbonyl (C=O) groups excluding carboxylic acids is 1. The number of halogens is 1. The second kappa shape index (κ2) is 15.1. The molecule has 0 saturated carbocycles. The average molecular weight is 622 g/mol. The minimum Gasteiger partial charge on any atom is -0.493 e. The van der Waals surface area contributed by atoms with E-state index in [1.54, 1.807) is 7.11 Å². The van der Waals surface area contributed by atoms with E-state index in [1.807, 2.05) is 72.8 Å². The van der Waals surface area contributed by atoms with Crippen LogP contribution in [0.25, 0.3) is 10.9 Å². The van der Waals surface area contributed by atoms with Crippen LogP contribution in [0.4, 0.5) is 4.39 Å². The fourth-order valence-electron chi connectivity index (χ4n) is 6.07. The molecule has 238 valence electrons. The second-order valence-electron chi connectivity index (χ2n) is 11.6. The molecule has 1 aromatic heterocycles. The molecule has 8 heteroatoms. The molecule has 6 rings (SSSR count). The zero-order chi connectivity index (χ0) is 31.7. The largest absolute Gasteiger partial charge is 0.493 e. The van der Waals surface area contributed by atoms with Crippen LogP contribution in [0.2, 0.25) is 0 Å². The number of aromatic nitrogens is 1. The van der Waals surface area contributed by atoms with Crippen molar-refractivity contribution in [2.45, 2.75) is 25.5 Å². The number of hydrogen-bond donors (Lipinski definition) is 1. The first-order valence-electron chi connectivity index (χ1n) is 15.8. The number of ether oxygens (including phenoxy) is 3. The lowest BCUT2D eigenvalue weighted by Crippen LogP contribution is -2.41. The Labute approximate surface area is 269 Å². The van der Waals surface area contributed by atoms with E-state index in [1.165, 1.54) is 12.1 Å². The van der Waals surface area contributed by atoms with Gasteiger partial charge in [-0.25, -0.2) is 4.39 Å². The Kier molecular flexibility index (Phi) is 10.3. The highest BCUT2D eigenvalue weighted by Crippen LogP contribution is 2.39. The molecular formula is C38H40FN3O4. The molecule has 0 aliphatic carbocycles. The fourth-order valence-corrected chi connectivity index (χ4v) is 6.07. The van der Waals surface area contributed by atoms with Crippen molar-refractivity contribution in [3.05, 3.63) is 131 Å². The molecule has 1 aliphatic heterocycles. The number of methoxy groups -OCH3 is 1. The Morgan fingerprint density at radius 2 is 1.67 bits per heavy atom. The summed E-state index contributed by atoms with van der Waals surface area (Å²) in [4.78, 5) is 15.8. The summed E-state index contributed by atoms with van der Waals surface area (Å²) in [5.41, 5.74) is 5.11. The lowest BCUT2D eigenvalue weighted by Gasteiger charge is -2.26. The molecule has 1 fully saturated rings. The van der Waals surface area contributed by atoms with E-state index in [0.717, 1.165) is 66.0 Å². The Hall–Kier alpha value is -4.66. The van der Waals surface area contributed by atoms with Crippen LogP contribution in [0.3, 0.4) is 0 Å².